The molecule has 0 radical (unpaired) electrons. The maximum Gasteiger partial charge on any atom is 0.573 e. The number of ether oxygens (including phenoxy) is 1. The predicted molar refractivity (Wildman–Crippen MR) is 138 cm³/mol. The summed E-state index contributed by atoms with van der Waals surface area (Å²) in [4.78, 5) is 57.1. The number of benzene rings is 1. The van der Waals surface area contributed by atoms with Gasteiger partial charge in [0.15, 0.2) is 5.75 Å². The van der Waals surface area contributed by atoms with Crippen LogP contribution in [-0.4, -0.2) is 75.9 Å². The number of rotatable bonds is 6. The quantitative estimate of drug-likeness (QED) is 0.366. The molecular formula is C26H26F6N6O5. The van der Waals surface area contributed by atoms with E-state index < -0.39 is 59.4 Å². The Morgan fingerprint density at radius 1 is 1.02 bits per heavy atom. The summed E-state index contributed by atoms with van der Waals surface area (Å²) in [6.07, 6.45) is -7.19. The monoisotopic (exact) mass is 616 g/mol. The number of pyridine rings is 1. The van der Waals surface area contributed by atoms with Crippen LogP contribution in [0.5, 0.6) is 5.75 Å². The van der Waals surface area contributed by atoms with Crippen molar-refractivity contribution in [1.29, 1.82) is 0 Å². The number of hydrogen-bond donors (Lipinski definition) is 2. The van der Waals surface area contributed by atoms with Gasteiger partial charge in [0, 0.05) is 43.8 Å². The minimum absolute atomic E-state index is 0.0258. The summed E-state index contributed by atoms with van der Waals surface area (Å²) < 4.78 is 81.8. The summed E-state index contributed by atoms with van der Waals surface area (Å²) in [5.41, 5.74) is -1.55. The molecule has 2 aromatic rings. The molecule has 11 nitrogen and oxygen atoms in total. The molecule has 1 aromatic carbocycles. The number of alkyl halides is 6. The molecule has 2 saturated heterocycles. The molecule has 2 N–H and O–H groups in total. The molecule has 2 aliphatic heterocycles. The molecule has 1 aromatic heterocycles. The van der Waals surface area contributed by atoms with Gasteiger partial charge in [-0.2, -0.15) is 13.2 Å². The zero-order chi connectivity index (χ0) is 31.7. The Hall–Kier alpha value is -4.57. The fourth-order valence-electron chi connectivity index (χ4n) is 4.72. The minimum Gasteiger partial charge on any atom is -0.404 e. The number of carbonyl (C=O) groups is 4. The highest BCUT2D eigenvalue weighted by Gasteiger charge is 2.53. The Bertz CT molecular complexity index is 1390. The average molecular weight is 617 g/mol. The van der Waals surface area contributed by atoms with Crippen molar-refractivity contribution in [2.45, 2.75) is 57.4 Å². The molecule has 2 fully saturated rings. The van der Waals surface area contributed by atoms with Gasteiger partial charge in [0.2, 0.25) is 0 Å². The summed E-state index contributed by atoms with van der Waals surface area (Å²) in [5, 5.41) is 4.92. The van der Waals surface area contributed by atoms with Crippen LogP contribution in [0.15, 0.2) is 42.7 Å². The summed E-state index contributed by atoms with van der Waals surface area (Å²) in [6, 6.07) is 3.68. The smallest absolute Gasteiger partial charge is 0.404 e. The number of nitrogens with one attached hydrogen (secondary N) is 2. The predicted octanol–water partition coefficient (Wildman–Crippen LogP) is 4.40. The lowest BCUT2D eigenvalue weighted by molar-refractivity contribution is -0.274. The summed E-state index contributed by atoms with van der Waals surface area (Å²) in [5.74, 6) is -3.69. The van der Waals surface area contributed by atoms with E-state index in [2.05, 4.69) is 20.4 Å². The zero-order valence-corrected chi connectivity index (χ0v) is 22.8. The Morgan fingerprint density at radius 3 is 2.23 bits per heavy atom. The van der Waals surface area contributed by atoms with Gasteiger partial charge in [-0.3, -0.25) is 14.6 Å². The summed E-state index contributed by atoms with van der Waals surface area (Å²) >= 11 is 0. The first-order chi connectivity index (χ1) is 20.0. The largest absolute Gasteiger partial charge is 0.573 e. The number of halogens is 6. The van der Waals surface area contributed by atoms with Crippen molar-refractivity contribution in [2.24, 2.45) is 0 Å². The number of urea groups is 2. The van der Waals surface area contributed by atoms with Crippen molar-refractivity contribution in [3.63, 3.8) is 0 Å². The van der Waals surface area contributed by atoms with E-state index >= 15 is 0 Å². The Morgan fingerprint density at radius 2 is 1.65 bits per heavy atom. The van der Waals surface area contributed by atoms with Gasteiger partial charge in [0.1, 0.15) is 5.54 Å². The second-order valence-electron chi connectivity index (χ2n) is 10.3. The van der Waals surface area contributed by atoms with E-state index in [0.29, 0.717) is 15.4 Å². The Balaban J connectivity index is 1.53. The van der Waals surface area contributed by atoms with Gasteiger partial charge in [-0.25, -0.2) is 14.5 Å². The molecule has 0 atom stereocenters. The fraction of sp³-hybridized carbons (Fsp3) is 0.423. The van der Waals surface area contributed by atoms with E-state index in [-0.39, 0.29) is 38.2 Å². The second kappa shape index (κ2) is 11.6. The van der Waals surface area contributed by atoms with Crippen LogP contribution in [-0.2, 0) is 16.1 Å². The molecule has 0 saturated carbocycles. The van der Waals surface area contributed by atoms with Crippen molar-refractivity contribution in [3.8, 4) is 5.75 Å². The highest BCUT2D eigenvalue weighted by molar-refractivity contribution is 6.23. The lowest BCUT2D eigenvalue weighted by atomic mass is 10.0. The van der Waals surface area contributed by atoms with Crippen LogP contribution in [0.1, 0.15) is 32.3 Å². The first-order valence-electron chi connectivity index (χ1n) is 12.9. The molecule has 43 heavy (non-hydrogen) atoms. The van der Waals surface area contributed by atoms with E-state index in [0.717, 1.165) is 18.2 Å². The molecular weight excluding hydrogens is 590 g/mol. The molecule has 0 aliphatic carbocycles. The molecule has 6 amide bonds. The Kier molecular flexibility index (Phi) is 8.46. The van der Waals surface area contributed by atoms with Gasteiger partial charge in [-0.05, 0) is 62.6 Å². The number of hydrogen-bond acceptors (Lipinski definition) is 6. The molecule has 232 valence electrons. The van der Waals surface area contributed by atoms with E-state index in [9.17, 15) is 45.5 Å². The van der Waals surface area contributed by atoms with Crippen molar-refractivity contribution in [1.82, 2.24) is 20.1 Å². The maximum absolute atomic E-state index is 13.5. The number of aromatic nitrogens is 1. The number of anilines is 2. The maximum atomic E-state index is 13.5. The highest BCUT2D eigenvalue weighted by atomic mass is 19.4. The van der Waals surface area contributed by atoms with E-state index in [1.165, 1.54) is 31.1 Å². The number of likely N-dealkylation sites (tertiary alicyclic amines) is 1. The molecule has 17 heteroatoms. The van der Waals surface area contributed by atoms with Gasteiger partial charge in [-0.15, -0.1) is 13.2 Å². The normalized spacial score (nSPS) is 17.7. The van der Waals surface area contributed by atoms with E-state index in [4.69, 9.17) is 0 Å². The standard InChI is InChI=1S/C26H26F6N6O5/c1-24(2)20(39)38(23(42)37(24)14-15-5-9-33-10-6-15)18-13-17(3-4-19(18)43-26(30,31)32)35-22(41)34-16-7-11-36(12-8-16)21(40)25(27,28)29/h3-6,9-10,13,16H,7-8,11-12,14H2,1-2H3,(H2,34,35,41). The van der Waals surface area contributed by atoms with Gasteiger partial charge in [0.05, 0.1) is 5.69 Å². The molecule has 4 rings (SSSR count). The first kappa shape index (κ1) is 31.4. The van der Waals surface area contributed by atoms with Crippen molar-refractivity contribution in [3.05, 3.63) is 48.3 Å². The lowest BCUT2D eigenvalue weighted by Gasteiger charge is -2.32. The lowest BCUT2D eigenvalue weighted by Crippen LogP contribution is -2.50. The van der Waals surface area contributed by atoms with E-state index in [1.807, 2.05) is 0 Å². The van der Waals surface area contributed by atoms with Crippen molar-refractivity contribution < 1.29 is 50.3 Å². The fourth-order valence-corrected chi connectivity index (χ4v) is 4.72. The molecule has 0 unspecified atom stereocenters. The second-order valence-corrected chi connectivity index (χ2v) is 10.3. The number of amides is 6. The molecule has 0 spiro atoms. The Labute approximate surface area is 240 Å². The molecule has 3 heterocycles. The van der Waals surface area contributed by atoms with Crippen LogP contribution in [0.4, 0.5) is 47.3 Å². The van der Waals surface area contributed by atoms with Gasteiger partial charge < -0.3 is 25.2 Å². The third-order valence-electron chi connectivity index (χ3n) is 6.96. The highest BCUT2D eigenvalue weighted by Crippen LogP contribution is 2.41. The zero-order valence-electron chi connectivity index (χ0n) is 22.8. The minimum atomic E-state index is -5.18. The van der Waals surface area contributed by atoms with Gasteiger partial charge in [-0.1, -0.05) is 0 Å². The van der Waals surface area contributed by atoms with Crippen molar-refractivity contribution in [2.75, 3.05) is 23.3 Å². The van der Waals surface area contributed by atoms with Crippen LogP contribution >= 0.6 is 0 Å². The SMILES string of the molecule is CC1(C)C(=O)N(c2cc(NC(=O)NC3CCN(C(=O)C(F)(F)F)CC3)ccc2OC(F)(F)F)C(=O)N1Cc1ccncc1. The molecule has 0 bridgehead atoms. The number of imide groups is 1. The van der Waals surface area contributed by atoms with Crippen LogP contribution in [0, 0.1) is 0 Å². The molecule has 2 aliphatic rings. The van der Waals surface area contributed by atoms with Crippen LogP contribution in [0.2, 0.25) is 0 Å². The van der Waals surface area contributed by atoms with Gasteiger partial charge in [0.25, 0.3) is 5.91 Å². The van der Waals surface area contributed by atoms with Crippen LogP contribution < -0.4 is 20.3 Å². The number of piperidine rings is 1. The summed E-state index contributed by atoms with van der Waals surface area (Å²) in [7, 11) is 0. The average Bonchev–Trinajstić information content (AvgIpc) is 3.08. The topological polar surface area (TPSA) is 124 Å². The summed E-state index contributed by atoms with van der Waals surface area (Å²) in [6.45, 7) is 2.31. The van der Waals surface area contributed by atoms with Crippen molar-refractivity contribution >= 4 is 35.3 Å². The number of carbonyl (C=O) groups excluding carboxylic acids is 4. The van der Waals surface area contributed by atoms with Crippen LogP contribution in [0.3, 0.4) is 0 Å². The van der Waals surface area contributed by atoms with Crippen LogP contribution in [0.25, 0.3) is 0 Å². The third kappa shape index (κ3) is 7.09. The number of nitrogens with zero attached hydrogens (tertiary/aromatic N) is 4. The first-order valence-corrected chi connectivity index (χ1v) is 12.9. The van der Waals surface area contributed by atoms with Gasteiger partial charge >= 0.3 is 30.5 Å². The third-order valence-corrected chi connectivity index (χ3v) is 6.96. The van der Waals surface area contributed by atoms with E-state index in [1.54, 1.807) is 12.1 Å².